The second-order valence-corrected chi connectivity index (χ2v) is 7.10. The average Bonchev–Trinajstić information content (AvgIpc) is 2.44. The summed E-state index contributed by atoms with van der Waals surface area (Å²) in [6.07, 6.45) is 0.261. The Morgan fingerprint density at radius 1 is 1.19 bits per heavy atom. The van der Waals surface area contributed by atoms with E-state index in [-0.39, 0.29) is 11.3 Å². The molecule has 0 amide bonds. The molecule has 6 heteroatoms. The minimum atomic E-state index is -3.65. The van der Waals surface area contributed by atoms with E-state index in [1.165, 1.54) is 12.1 Å². The number of sulfonamides is 1. The molecule has 1 N–H and O–H groups in total. The fraction of sp³-hybridized carbons (Fsp3) is 0.133. The molecule has 0 aliphatic carbocycles. The van der Waals surface area contributed by atoms with E-state index in [1.807, 2.05) is 19.1 Å². The quantitative estimate of drug-likeness (QED) is 0.900. The van der Waals surface area contributed by atoms with Crippen LogP contribution in [0.15, 0.2) is 51.8 Å². The predicted octanol–water partition coefficient (Wildman–Crippen LogP) is 3.62. The first kappa shape index (κ1) is 15.5. The molecule has 0 bridgehead atoms. The Balaban J connectivity index is 2.30. The Labute approximate surface area is 132 Å². The number of nitrogens with zero attached hydrogens (tertiary/aromatic N) is 1. The van der Waals surface area contributed by atoms with Gasteiger partial charge in [-0.05, 0) is 58.2 Å². The van der Waals surface area contributed by atoms with Gasteiger partial charge < -0.3 is 0 Å². The fourth-order valence-corrected chi connectivity index (χ4v) is 3.35. The lowest BCUT2D eigenvalue weighted by Crippen LogP contribution is -2.13. The molecule has 4 nitrogen and oxygen atoms in total. The van der Waals surface area contributed by atoms with Crippen molar-refractivity contribution in [2.45, 2.75) is 18.2 Å². The van der Waals surface area contributed by atoms with Crippen LogP contribution in [0.5, 0.6) is 0 Å². The number of hydrogen-bond acceptors (Lipinski definition) is 3. The van der Waals surface area contributed by atoms with Crippen molar-refractivity contribution >= 4 is 31.6 Å². The fourth-order valence-electron chi connectivity index (χ4n) is 1.80. The van der Waals surface area contributed by atoms with Crippen molar-refractivity contribution in [1.29, 1.82) is 5.26 Å². The zero-order valence-electron chi connectivity index (χ0n) is 11.3. The molecule has 2 aromatic rings. The number of nitrogens with one attached hydrogen (secondary N) is 1. The molecule has 0 fully saturated rings. The highest BCUT2D eigenvalue weighted by atomic mass is 79.9. The van der Waals surface area contributed by atoms with E-state index in [2.05, 4.69) is 20.7 Å². The summed E-state index contributed by atoms with van der Waals surface area (Å²) in [6.45, 7) is 1.89. The first-order chi connectivity index (χ1) is 9.92. The highest BCUT2D eigenvalue weighted by Crippen LogP contribution is 2.26. The summed E-state index contributed by atoms with van der Waals surface area (Å²) in [7, 11) is -3.65. The van der Waals surface area contributed by atoms with Crippen LogP contribution in [0.2, 0.25) is 0 Å². The second-order valence-electron chi connectivity index (χ2n) is 4.57. The lowest BCUT2D eigenvalue weighted by molar-refractivity contribution is 0.601. The van der Waals surface area contributed by atoms with Gasteiger partial charge in [0.25, 0.3) is 10.0 Å². The SMILES string of the molecule is Cc1ccc(Br)c(NS(=O)(=O)c2ccc(CC#N)cc2)c1. The summed E-state index contributed by atoms with van der Waals surface area (Å²) in [4.78, 5) is 0.164. The van der Waals surface area contributed by atoms with Crippen molar-refractivity contribution in [2.24, 2.45) is 0 Å². The standard InChI is InChI=1S/C15H13BrN2O2S/c1-11-2-7-14(16)15(10-11)18-21(19,20)13-5-3-12(4-6-13)8-9-17/h2-7,10,18H,8H2,1H3. The van der Waals surface area contributed by atoms with Gasteiger partial charge in [-0.15, -0.1) is 0 Å². The van der Waals surface area contributed by atoms with Gasteiger partial charge >= 0.3 is 0 Å². The van der Waals surface area contributed by atoms with Crippen LogP contribution in [-0.2, 0) is 16.4 Å². The van der Waals surface area contributed by atoms with E-state index in [1.54, 1.807) is 24.3 Å². The van der Waals surface area contributed by atoms with Crippen molar-refractivity contribution in [1.82, 2.24) is 0 Å². The van der Waals surface area contributed by atoms with Crippen LogP contribution in [0.3, 0.4) is 0 Å². The van der Waals surface area contributed by atoms with Crippen LogP contribution in [0.4, 0.5) is 5.69 Å². The van der Waals surface area contributed by atoms with Gasteiger partial charge in [-0.1, -0.05) is 18.2 Å². The predicted molar refractivity (Wildman–Crippen MR) is 85.4 cm³/mol. The van der Waals surface area contributed by atoms with Crippen LogP contribution in [0.25, 0.3) is 0 Å². The van der Waals surface area contributed by atoms with Gasteiger partial charge in [0.05, 0.1) is 23.1 Å². The van der Waals surface area contributed by atoms with Gasteiger partial charge in [-0.2, -0.15) is 5.26 Å². The normalized spacial score (nSPS) is 10.9. The number of halogens is 1. The van der Waals surface area contributed by atoms with E-state index in [0.29, 0.717) is 10.2 Å². The number of benzene rings is 2. The van der Waals surface area contributed by atoms with E-state index in [9.17, 15) is 8.42 Å². The Morgan fingerprint density at radius 2 is 1.86 bits per heavy atom. The molecule has 0 aliphatic rings. The zero-order chi connectivity index (χ0) is 15.5. The maximum Gasteiger partial charge on any atom is 0.261 e. The number of hydrogen-bond donors (Lipinski definition) is 1. The summed E-state index contributed by atoms with van der Waals surface area (Å²) in [6, 6.07) is 13.7. The van der Waals surface area contributed by atoms with Crippen LogP contribution in [0.1, 0.15) is 11.1 Å². The zero-order valence-corrected chi connectivity index (χ0v) is 13.7. The molecule has 0 atom stereocenters. The van der Waals surface area contributed by atoms with E-state index < -0.39 is 10.0 Å². The maximum absolute atomic E-state index is 12.3. The molecule has 0 spiro atoms. The van der Waals surface area contributed by atoms with Crippen molar-refractivity contribution in [3.8, 4) is 6.07 Å². The Kier molecular flexibility index (Phi) is 4.66. The summed E-state index contributed by atoms with van der Waals surface area (Å²) < 4.78 is 27.9. The first-order valence-electron chi connectivity index (χ1n) is 6.17. The smallest absolute Gasteiger partial charge is 0.261 e. The average molecular weight is 365 g/mol. The van der Waals surface area contributed by atoms with Crippen molar-refractivity contribution in [3.05, 3.63) is 58.1 Å². The summed E-state index contributed by atoms with van der Waals surface area (Å²) in [5.41, 5.74) is 2.24. The molecule has 2 aromatic carbocycles. The van der Waals surface area contributed by atoms with Crippen LogP contribution < -0.4 is 4.72 Å². The van der Waals surface area contributed by atoms with Gasteiger partial charge in [0, 0.05) is 4.47 Å². The number of anilines is 1. The molecule has 0 aromatic heterocycles. The van der Waals surface area contributed by atoms with Crippen LogP contribution in [0, 0.1) is 18.3 Å². The summed E-state index contributed by atoms with van der Waals surface area (Å²) >= 11 is 3.32. The molecule has 2 rings (SSSR count). The molecule has 0 unspecified atom stereocenters. The number of rotatable bonds is 4. The molecule has 0 saturated heterocycles. The number of nitriles is 1. The lowest BCUT2D eigenvalue weighted by Gasteiger charge is -2.11. The Hall–Kier alpha value is -1.84. The molecule has 0 saturated carbocycles. The molecular formula is C15H13BrN2O2S. The molecule has 0 heterocycles. The van der Waals surface area contributed by atoms with Gasteiger partial charge in [0.1, 0.15) is 0 Å². The van der Waals surface area contributed by atoms with Gasteiger partial charge in [-0.25, -0.2) is 8.42 Å². The van der Waals surface area contributed by atoms with E-state index >= 15 is 0 Å². The third kappa shape index (κ3) is 3.84. The summed E-state index contributed by atoms with van der Waals surface area (Å²) in [5, 5.41) is 8.61. The van der Waals surface area contributed by atoms with Crippen LogP contribution >= 0.6 is 15.9 Å². The minimum Gasteiger partial charge on any atom is -0.278 e. The van der Waals surface area contributed by atoms with Gasteiger partial charge in [0.2, 0.25) is 0 Å². The monoisotopic (exact) mass is 364 g/mol. The Bertz CT molecular complexity index is 793. The molecule has 0 aliphatic heterocycles. The third-order valence-corrected chi connectivity index (χ3v) is 4.96. The molecule has 21 heavy (non-hydrogen) atoms. The van der Waals surface area contributed by atoms with E-state index in [0.717, 1.165) is 11.1 Å². The van der Waals surface area contributed by atoms with Crippen molar-refractivity contribution in [3.63, 3.8) is 0 Å². The topological polar surface area (TPSA) is 70.0 Å². The Morgan fingerprint density at radius 3 is 2.48 bits per heavy atom. The molecular weight excluding hydrogens is 352 g/mol. The van der Waals surface area contributed by atoms with E-state index in [4.69, 9.17) is 5.26 Å². The number of aryl methyl sites for hydroxylation is 1. The first-order valence-corrected chi connectivity index (χ1v) is 8.45. The second kappa shape index (κ2) is 6.29. The highest BCUT2D eigenvalue weighted by molar-refractivity contribution is 9.10. The van der Waals surface area contributed by atoms with Crippen LogP contribution in [-0.4, -0.2) is 8.42 Å². The molecule has 0 radical (unpaired) electrons. The van der Waals surface area contributed by atoms with Gasteiger partial charge in [-0.3, -0.25) is 4.72 Å². The van der Waals surface area contributed by atoms with Crippen molar-refractivity contribution < 1.29 is 8.42 Å². The highest BCUT2D eigenvalue weighted by Gasteiger charge is 2.15. The molecule has 108 valence electrons. The summed E-state index contributed by atoms with van der Waals surface area (Å²) in [5.74, 6) is 0. The lowest BCUT2D eigenvalue weighted by atomic mass is 10.2. The largest absolute Gasteiger partial charge is 0.278 e. The van der Waals surface area contributed by atoms with Crippen molar-refractivity contribution in [2.75, 3.05) is 4.72 Å². The third-order valence-electron chi connectivity index (χ3n) is 2.88. The van der Waals surface area contributed by atoms with Gasteiger partial charge in [0.15, 0.2) is 0 Å². The maximum atomic E-state index is 12.3. The minimum absolute atomic E-state index is 0.164.